The summed E-state index contributed by atoms with van der Waals surface area (Å²) < 4.78 is 43.2. The fourth-order valence-electron chi connectivity index (χ4n) is 1.74. The minimum absolute atomic E-state index is 0.0770. The molecular weight excluding hydrogens is 305 g/mol. The molecule has 2 aromatic carbocycles. The maximum Gasteiger partial charge on any atom is 0.416 e. The number of alkyl halides is 3. The fourth-order valence-corrected chi connectivity index (χ4v) is 1.92. The van der Waals surface area contributed by atoms with Gasteiger partial charge >= 0.3 is 6.18 Å². The van der Waals surface area contributed by atoms with Gasteiger partial charge in [0, 0.05) is 5.02 Å². The summed E-state index contributed by atoms with van der Waals surface area (Å²) in [4.78, 5) is 10.9. The largest absolute Gasteiger partial charge is 0.488 e. The van der Waals surface area contributed by atoms with Crippen LogP contribution in [0.4, 0.5) is 13.2 Å². The SMILES string of the molecule is O=Cc1cc(Cl)ccc1OCc1cccc(C(F)(F)F)c1. The summed E-state index contributed by atoms with van der Waals surface area (Å²) in [6.45, 7) is -0.0770. The third-order valence-electron chi connectivity index (χ3n) is 2.75. The molecule has 0 N–H and O–H groups in total. The Bertz CT molecular complexity index is 654. The minimum atomic E-state index is -4.40. The highest BCUT2D eigenvalue weighted by Gasteiger charge is 2.30. The van der Waals surface area contributed by atoms with Crippen molar-refractivity contribution in [2.24, 2.45) is 0 Å². The molecule has 0 aliphatic carbocycles. The lowest BCUT2D eigenvalue weighted by Gasteiger charge is -2.11. The van der Waals surface area contributed by atoms with E-state index < -0.39 is 11.7 Å². The van der Waals surface area contributed by atoms with E-state index in [4.69, 9.17) is 16.3 Å². The van der Waals surface area contributed by atoms with Crippen molar-refractivity contribution < 1.29 is 22.7 Å². The van der Waals surface area contributed by atoms with E-state index in [1.165, 1.54) is 30.3 Å². The van der Waals surface area contributed by atoms with Gasteiger partial charge in [0.2, 0.25) is 0 Å². The maximum absolute atomic E-state index is 12.6. The van der Waals surface area contributed by atoms with Gasteiger partial charge in [-0.15, -0.1) is 0 Å². The average molecular weight is 315 g/mol. The third-order valence-corrected chi connectivity index (χ3v) is 2.98. The first-order valence-electron chi connectivity index (χ1n) is 5.94. The number of halogens is 4. The monoisotopic (exact) mass is 314 g/mol. The van der Waals surface area contributed by atoms with Gasteiger partial charge in [0.1, 0.15) is 12.4 Å². The standard InChI is InChI=1S/C15H10ClF3O2/c16-13-4-5-14(11(7-13)8-20)21-9-10-2-1-3-12(6-10)15(17,18)19/h1-8H,9H2. The van der Waals surface area contributed by atoms with Crippen molar-refractivity contribution in [3.63, 3.8) is 0 Å². The highest BCUT2D eigenvalue weighted by Crippen LogP contribution is 2.30. The van der Waals surface area contributed by atoms with Crippen molar-refractivity contribution in [1.82, 2.24) is 0 Å². The highest BCUT2D eigenvalue weighted by molar-refractivity contribution is 6.30. The first-order valence-corrected chi connectivity index (χ1v) is 6.31. The van der Waals surface area contributed by atoms with Crippen LogP contribution in [0.3, 0.4) is 0 Å². The van der Waals surface area contributed by atoms with Crippen molar-refractivity contribution in [3.8, 4) is 5.75 Å². The van der Waals surface area contributed by atoms with Gasteiger partial charge in [-0.3, -0.25) is 4.79 Å². The molecule has 2 rings (SSSR count). The minimum Gasteiger partial charge on any atom is -0.488 e. The molecule has 0 fully saturated rings. The molecule has 0 aliphatic rings. The molecule has 6 heteroatoms. The molecule has 0 amide bonds. The lowest BCUT2D eigenvalue weighted by atomic mass is 10.1. The van der Waals surface area contributed by atoms with Gasteiger partial charge in [0.15, 0.2) is 6.29 Å². The van der Waals surface area contributed by atoms with Crippen LogP contribution in [-0.2, 0) is 12.8 Å². The van der Waals surface area contributed by atoms with Crippen molar-refractivity contribution >= 4 is 17.9 Å². The van der Waals surface area contributed by atoms with Gasteiger partial charge < -0.3 is 4.74 Å². The van der Waals surface area contributed by atoms with Crippen LogP contribution in [0.5, 0.6) is 5.75 Å². The maximum atomic E-state index is 12.6. The molecule has 0 heterocycles. The molecule has 0 radical (unpaired) electrons. The Morgan fingerprint density at radius 3 is 2.57 bits per heavy atom. The molecule has 0 spiro atoms. The van der Waals surface area contributed by atoms with Gasteiger partial charge in [-0.2, -0.15) is 13.2 Å². The number of rotatable bonds is 4. The van der Waals surface area contributed by atoms with Crippen LogP contribution in [-0.4, -0.2) is 6.29 Å². The number of carbonyl (C=O) groups excluding carboxylic acids is 1. The van der Waals surface area contributed by atoms with Crippen LogP contribution in [0.1, 0.15) is 21.5 Å². The molecule has 110 valence electrons. The molecule has 21 heavy (non-hydrogen) atoms. The van der Waals surface area contributed by atoms with Gasteiger partial charge in [-0.1, -0.05) is 23.7 Å². The fraction of sp³-hybridized carbons (Fsp3) is 0.133. The molecule has 0 bridgehead atoms. The molecule has 0 saturated heterocycles. The molecule has 0 aliphatic heterocycles. The second-order valence-corrected chi connectivity index (χ2v) is 4.72. The summed E-state index contributed by atoms with van der Waals surface area (Å²) in [5.74, 6) is 0.270. The molecule has 0 aromatic heterocycles. The van der Waals surface area contributed by atoms with E-state index in [0.29, 0.717) is 16.9 Å². The van der Waals surface area contributed by atoms with E-state index in [1.54, 1.807) is 0 Å². The third kappa shape index (κ3) is 3.98. The summed E-state index contributed by atoms with van der Waals surface area (Å²) in [5, 5.41) is 0.378. The van der Waals surface area contributed by atoms with E-state index in [2.05, 4.69) is 0 Å². The van der Waals surface area contributed by atoms with Crippen LogP contribution >= 0.6 is 11.6 Å². The van der Waals surface area contributed by atoms with Gasteiger partial charge in [0.05, 0.1) is 11.1 Å². The smallest absolute Gasteiger partial charge is 0.416 e. The van der Waals surface area contributed by atoms with Crippen LogP contribution < -0.4 is 4.74 Å². The van der Waals surface area contributed by atoms with Crippen LogP contribution in [0, 0.1) is 0 Å². The van der Waals surface area contributed by atoms with Gasteiger partial charge in [-0.05, 0) is 35.9 Å². The van der Waals surface area contributed by atoms with Crippen LogP contribution in [0.15, 0.2) is 42.5 Å². The first kappa shape index (κ1) is 15.4. The van der Waals surface area contributed by atoms with Crippen molar-refractivity contribution in [2.75, 3.05) is 0 Å². The normalized spacial score (nSPS) is 11.2. The van der Waals surface area contributed by atoms with Crippen molar-refractivity contribution in [1.29, 1.82) is 0 Å². The predicted octanol–water partition coefficient (Wildman–Crippen LogP) is 4.75. The second-order valence-electron chi connectivity index (χ2n) is 4.29. The topological polar surface area (TPSA) is 26.3 Å². The molecule has 2 nitrogen and oxygen atoms in total. The van der Waals surface area contributed by atoms with E-state index in [1.807, 2.05) is 0 Å². The van der Waals surface area contributed by atoms with Crippen LogP contribution in [0.25, 0.3) is 0 Å². The summed E-state index contributed by atoms with van der Waals surface area (Å²) in [5.41, 5.74) is -0.138. The van der Waals surface area contributed by atoms with E-state index in [9.17, 15) is 18.0 Å². The molecule has 0 unspecified atom stereocenters. The van der Waals surface area contributed by atoms with Gasteiger partial charge in [-0.25, -0.2) is 0 Å². The van der Waals surface area contributed by atoms with E-state index >= 15 is 0 Å². The summed E-state index contributed by atoms with van der Waals surface area (Å²) in [7, 11) is 0. The number of aldehydes is 1. The zero-order chi connectivity index (χ0) is 15.5. The van der Waals surface area contributed by atoms with Gasteiger partial charge in [0.25, 0.3) is 0 Å². The molecule has 0 saturated carbocycles. The van der Waals surface area contributed by atoms with Crippen LogP contribution in [0.2, 0.25) is 5.02 Å². The lowest BCUT2D eigenvalue weighted by Crippen LogP contribution is -2.06. The summed E-state index contributed by atoms with van der Waals surface area (Å²) in [6, 6.07) is 9.29. The number of benzene rings is 2. The lowest BCUT2D eigenvalue weighted by molar-refractivity contribution is -0.137. The molecule has 2 aromatic rings. The zero-order valence-electron chi connectivity index (χ0n) is 10.7. The summed E-state index contributed by atoms with van der Waals surface area (Å²) >= 11 is 5.74. The Morgan fingerprint density at radius 1 is 1.14 bits per heavy atom. The number of hydrogen-bond donors (Lipinski definition) is 0. The summed E-state index contributed by atoms with van der Waals surface area (Å²) in [6.07, 6.45) is -3.82. The van der Waals surface area contributed by atoms with E-state index in [0.717, 1.165) is 12.1 Å². The van der Waals surface area contributed by atoms with E-state index in [-0.39, 0.29) is 17.9 Å². The predicted molar refractivity (Wildman–Crippen MR) is 72.6 cm³/mol. The van der Waals surface area contributed by atoms with Crippen molar-refractivity contribution in [3.05, 3.63) is 64.2 Å². The Morgan fingerprint density at radius 2 is 1.90 bits per heavy atom. The number of hydrogen-bond acceptors (Lipinski definition) is 2. The molecule has 0 atom stereocenters. The zero-order valence-corrected chi connectivity index (χ0v) is 11.4. The Labute approximate surface area is 124 Å². The second kappa shape index (κ2) is 6.18. The number of carbonyl (C=O) groups is 1. The first-order chi connectivity index (χ1) is 9.90. The average Bonchev–Trinajstić information content (AvgIpc) is 2.45. The van der Waals surface area contributed by atoms with Crippen molar-refractivity contribution in [2.45, 2.75) is 12.8 Å². The number of ether oxygens (including phenoxy) is 1. The quantitative estimate of drug-likeness (QED) is 0.761. The molecular formula is C15H10ClF3O2. The Hall–Kier alpha value is -2.01. The highest BCUT2D eigenvalue weighted by atomic mass is 35.5. The Balaban J connectivity index is 2.15. The Kier molecular flexibility index (Phi) is 4.53.